The van der Waals surface area contributed by atoms with Gasteiger partial charge in [-0.3, -0.25) is 0 Å². The van der Waals surface area contributed by atoms with E-state index < -0.39 is 29.6 Å². The topological polar surface area (TPSA) is 127 Å². The summed E-state index contributed by atoms with van der Waals surface area (Å²) in [5.74, 6) is -4.20. The quantitative estimate of drug-likeness (QED) is 0.389. The highest BCUT2D eigenvalue weighted by molar-refractivity contribution is 5.87. The van der Waals surface area contributed by atoms with Gasteiger partial charge in [0.05, 0.1) is 0 Å². The van der Waals surface area contributed by atoms with Crippen molar-refractivity contribution in [1.29, 1.82) is 0 Å². The van der Waals surface area contributed by atoms with Crippen LogP contribution in [0.5, 0.6) is 0 Å². The fraction of sp³-hybridized carbons (Fsp3) is 0.778. The van der Waals surface area contributed by atoms with E-state index in [1.165, 1.54) is 0 Å². The zero-order valence-corrected chi connectivity index (χ0v) is 8.59. The molecule has 92 valence electrons. The number of piperidine rings is 1. The van der Waals surface area contributed by atoms with E-state index in [9.17, 15) is 19.8 Å². The number of carbonyl (C=O) groups is 2. The summed E-state index contributed by atoms with van der Waals surface area (Å²) in [7, 11) is 0. The van der Waals surface area contributed by atoms with Gasteiger partial charge in [-0.15, -0.1) is 0 Å². The van der Waals surface area contributed by atoms with Crippen LogP contribution in [0.15, 0.2) is 0 Å². The number of aliphatic hydroxyl groups excluding tert-OH is 1. The molecule has 0 radical (unpaired) electrons. The molecule has 0 aromatic rings. The largest absolute Gasteiger partial charge is 0.479 e. The smallest absolute Gasteiger partial charge is 0.339 e. The van der Waals surface area contributed by atoms with Gasteiger partial charge in [0.15, 0.2) is 6.10 Å². The second-order valence-corrected chi connectivity index (χ2v) is 3.90. The summed E-state index contributed by atoms with van der Waals surface area (Å²) >= 11 is 0. The first kappa shape index (κ1) is 12.9. The van der Waals surface area contributed by atoms with Crippen molar-refractivity contribution >= 4 is 11.9 Å². The van der Waals surface area contributed by atoms with Gasteiger partial charge in [0.1, 0.15) is 0 Å². The molecule has 7 nitrogen and oxygen atoms in total. The molecule has 0 aromatic carbocycles. The maximum atomic E-state index is 11.0. The molecule has 7 heteroatoms. The summed E-state index contributed by atoms with van der Waals surface area (Å²) in [5.41, 5.74) is -2.62. The van der Waals surface area contributed by atoms with E-state index in [4.69, 9.17) is 10.2 Å². The number of aliphatic carboxylic acids is 2. The molecule has 1 rings (SSSR count). The number of rotatable bonds is 4. The van der Waals surface area contributed by atoms with Crippen LogP contribution in [0.1, 0.15) is 12.8 Å². The van der Waals surface area contributed by atoms with Gasteiger partial charge in [0.25, 0.3) is 0 Å². The number of hydrogen-bond donors (Lipinski definition) is 5. The lowest BCUT2D eigenvalue weighted by Crippen LogP contribution is -2.59. The minimum atomic E-state index is -2.62. The lowest BCUT2D eigenvalue weighted by molar-refractivity contribution is -0.194. The summed E-state index contributed by atoms with van der Waals surface area (Å²) in [6.07, 6.45) is -1.69. The zero-order chi connectivity index (χ0) is 12.3. The van der Waals surface area contributed by atoms with Gasteiger partial charge in [0.2, 0.25) is 5.60 Å². The Bertz CT molecular complexity index is 288. The van der Waals surface area contributed by atoms with Crippen molar-refractivity contribution in [3.63, 3.8) is 0 Å². The minimum Gasteiger partial charge on any atom is -0.479 e. The van der Waals surface area contributed by atoms with Gasteiger partial charge in [-0.2, -0.15) is 0 Å². The van der Waals surface area contributed by atoms with Gasteiger partial charge in [0, 0.05) is 5.92 Å². The van der Waals surface area contributed by atoms with Crippen LogP contribution in [-0.4, -0.2) is 57.2 Å². The van der Waals surface area contributed by atoms with Crippen molar-refractivity contribution in [3.8, 4) is 0 Å². The average Bonchev–Trinajstić information content (AvgIpc) is 2.27. The maximum absolute atomic E-state index is 11.0. The van der Waals surface area contributed by atoms with Crippen molar-refractivity contribution in [2.45, 2.75) is 24.5 Å². The van der Waals surface area contributed by atoms with Gasteiger partial charge >= 0.3 is 11.9 Å². The predicted molar refractivity (Wildman–Crippen MR) is 51.8 cm³/mol. The Labute approximate surface area is 91.7 Å². The summed E-state index contributed by atoms with van der Waals surface area (Å²) in [6.45, 7) is 0.985. The van der Waals surface area contributed by atoms with Crippen LogP contribution in [0.2, 0.25) is 0 Å². The second kappa shape index (κ2) is 4.77. The molecule has 1 heterocycles. The van der Waals surface area contributed by atoms with E-state index in [-0.39, 0.29) is 0 Å². The third kappa shape index (κ3) is 2.16. The first-order valence-electron chi connectivity index (χ1n) is 4.98. The molecule has 0 spiro atoms. The van der Waals surface area contributed by atoms with E-state index in [1.54, 1.807) is 0 Å². The third-order valence-corrected chi connectivity index (χ3v) is 2.95. The summed E-state index contributed by atoms with van der Waals surface area (Å²) in [6, 6.07) is 0. The summed E-state index contributed by atoms with van der Waals surface area (Å²) < 4.78 is 0. The molecule has 1 aliphatic heterocycles. The Morgan fingerprint density at radius 1 is 1.25 bits per heavy atom. The fourth-order valence-corrected chi connectivity index (χ4v) is 1.97. The number of nitrogens with one attached hydrogen (secondary N) is 1. The Hall–Kier alpha value is -1.18. The normalized spacial score (nSPS) is 23.4. The van der Waals surface area contributed by atoms with Gasteiger partial charge < -0.3 is 25.7 Å². The lowest BCUT2D eigenvalue weighted by atomic mass is 9.77. The van der Waals surface area contributed by atoms with E-state index in [0.29, 0.717) is 25.9 Å². The average molecular weight is 233 g/mol. The monoisotopic (exact) mass is 233 g/mol. The molecule has 0 amide bonds. The number of aliphatic hydroxyl groups is 2. The molecule has 2 unspecified atom stereocenters. The number of carboxylic acids is 2. The highest BCUT2D eigenvalue weighted by atomic mass is 16.4. The highest BCUT2D eigenvalue weighted by Gasteiger charge is 2.53. The van der Waals surface area contributed by atoms with Crippen molar-refractivity contribution in [2.24, 2.45) is 5.92 Å². The standard InChI is InChI=1S/C9H15NO6/c11-6(7(12)13)9(16,8(14)15)5-1-3-10-4-2-5/h5-6,10-11,16H,1-4H2,(H,12,13)(H,14,15). The molecular formula is C9H15NO6. The Balaban J connectivity index is 2.94. The number of hydrogen-bond acceptors (Lipinski definition) is 5. The first-order chi connectivity index (χ1) is 7.40. The van der Waals surface area contributed by atoms with E-state index in [1.807, 2.05) is 0 Å². The number of carboxylic acid groups (broad SMARTS) is 2. The molecule has 0 aliphatic carbocycles. The van der Waals surface area contributed by atoms with Crippen LogP contribution in [0.4, 0.5) is 0 Å². The Kier molecular flexibility index (Phi) is 3.84. The van der Waals surface area contributed by atoms with E-state index in [2.05, 4.69) is 5.32 Å². The zero-order valence-electron chi connectivity index (χ0n) is 8.59. The first-order valence-corrected chi connectivity index (χ1v) is 4.98. The molecule has 1 aliphatic rings. The van der Waals surface area contributed by atoms with E-state index >= 15 is 0 Å². The van der Waals surface area contributed by atoms with Gasteiger partial charge in [-0.1, -0.05) is 0 Å². The molecule has 16 heavy (non-hydrogen) atoms. The lowest BCUT2D eigenvalue weighted by Gasteiger charge is -2.36. The summed E-state index contributed by atoms with van der Waals surface area (Å²) in [4.78, 5) is 21.6. The minimum absolute atomic E-state index is 0.313. The second-order valence-electron chi connectivity index (χ2n) is 3.90. The maximum Gasteiger partial charge on any atom is 0.339 e. The van der Waals surface area contributed by atoms with Crippen LogP contribution in [-0.2, 0) is 9.59 Å². The van der Waals surface area contributed by atoms with Gasteiger partial charge in [-0.25, -0.2) is 9.59 Å². The van der Waals surface area contributed by atoms with Crippen molar-refractivity contribution in [1.82, 2.24) is 5.32 Å². The molecule has 0 aromatic heterocycles. The Morgan fingerprint density at radius 3 is 2.12 bits per heavy atom. The molecule has 2 atom stereocenters. The molecule has 1 saturated heterocycles. The molecule has 0 saturated carbocycles. The third-order valence-electron chi connectivity index (χ3n) is 2.95. The van der Waals surface area contributed by atoms with Gasteiger partial charge in [-0.05, 0) is 25.9 Å². The van der Waals surface area contributed by atoms with Crippen molar-refractivity contribution in [3.05, 3.63) is 0 Å². The molecule has 0 bridgehead atoms. The fourth-order valence-electron chi connectivity index (χ4n) is 1.97. The van der Waals surface area contributed by atoms with Crippen LogP contribution in [0, 0.1) is 5.92 Å². The van der Waals surface area contributed by atoms with Crippen molar-refractivity contribution in [2.75, 3.05) is 13.1 Å². The van der Waals surface area contributed by atoms with Crippen LogP contribution >= 0.6 is 0 Å². The molecular weight excluding hydrogens is 218 g/mol. The highest BCUT2D eigenvalue weighted by Crippen LogP contribution is 2.29. The van der Waals surface area contributed by atoms with Crippen LogP contribution < -0.4 is 5.32 Å². The molecule has 1 fully saturated rings. The predicted octanol–water partition coefficient (Wildman–Crippen LogP) is -1.75. The molecule has 5 N–H and O–H groups in total. The Morgan fingerprint density at radius 2 is 1.75 bits per heavy atom. The van der Waals surface area contributed by atoms with Crippen molar-refractivity contribution < 1.29 is 30.0 Å². The van der Waals surface area contributed by atoms with Crippen LogP contribution in [0.3, 0.4) is 0 Å². The SMILES string of the molecule is O=C(O)C(O)C(O)(C(=O)O)C1CCNCC1. The van der Waals surface area contributed by atoms with E-state index in [0.717, 1.165) is 0 Å². The summed E-state index contributed by atoms with van der Waals surface area (Å²) in [5, 5.41) is 39.7. The van der Waals surface area contributed by atoms with Crippen LogP contribution in [0.25, 0.3) is 0 Å².